The molecule has 7 heteroatoms. The maximum Gasteiger partial charge on any atom is 0.174 e. The number of nitrogens with one attached hydrogen (secondary N) is 1. The third-order valence-corrected chi connectivity index (χ3v) is 8.11. The van der Waals surface area contributed by atoms with Gasteiger partial charge in [0.1, 0.15) is 11.5 Å². The summed E-state index contributed by atoms with van der Waals surface area (Å²) in [5.74, 6) is 1.56. The number of ether oxygens (including phenoxy) is 1. The fraction of sp³-hybridized carbons (Fsp3) is 0.152. The monoisotopic (exact) mass is 564 g/mol. The van der Waals surface area contributed by atoms with Crippen molar-refractivity contribution in [2.24, 2.45) is 0 Å². The van der Waals surface area contributed by atoms with Gasteiger partial charge in [0.05, 0.1) is 17.8 Å². The molecule has 40 heavy (non-hydrogen) atoms. The number of hydrogen-bond donors (Lipinski definition) is 1. The summed E-state index contributed by atoms with van der Waals surface area (Å²) in [4.78, 5) is 6.93. The van der Waals surface area contributed by atoms with Gasteiger partial charge >= 0.3 is 0 Å². The summed E-state index contributed by atoms with van der Waals surface area (Å²) in [6.07, 6.45) is 1.83. The Balaban J connectivity index is 1.45. The lowest BCUT2D eigenvalue weighted by Gasteiger charge is -2.29. The smallest absolute Gasteiger partial charge is 0.174 e. The highest BCUT2D eigenvalue weighted by molar-refractivity contribution is 7.80. The molecule has 3 heterocycles. The van der Waals surface area contributed by atoms with Gasteiger partial charge in [-0.25, -0.2) is 0 Å². The second kappa shape index (κ2) is 10.8. The first-order valence-electron chi connectivity index (χ1n) is 13.2. The first-order valence-corrected chi connectivity index (χ1v) is 14.0. The van der Waals surface area contributed by atoms with Crippen LogP contribution in [-0.2, 0) is 0 Å². The average Bonchev–Trinajstić information content (AvgIpc) is 3.41. The first-order chi connectivity index (χ1) is 19.4. The molecule has 1 fully saturated rings. The number of thiocarbonyl (C=S) groups is 1. The topological polar surface area (TPSA) is 42.3 Å². The molecular weight excluding hydrogens is 536 g/mol. The van der Waals surface area contributed by atoms with Crippen molar-refractivity contribution in [3.63, 3.8) is 0 Å². The minimum absolute atomic E-state index is 0.123. The molecule has 3 aromatic carbocycles. The Bertz CT molecular complexity index is 1670. The van der Waals surface area contributed by atoms with Crippen LogP contribution in [0.15, 0.2) is 103 Å². The van der Waals surface area contributed by atoms with Crippen molar-refractivity contribution >= 4 is 34.6 Å². The maximum absolute atomic E-state index is 6.40. The van der Waals surface area contributed by atoms with Crippen LogP contribution in [0.5, 0.6) is 11.5 Å². The summed E-state index contributed by atoms with van der Waals surface area (Å²) in [5, 5.41) is 4.95. The molecule has 1 N–H and O–H groups in total. The maximum atomic E-state index is 6.40. The van der Waals surface area contributed by atoms with Crippen molar-refractivity contribution in [2.75, 3.05) is 4.90 Å². The summed E-state index contributed by atoms with van der Waals surface area (Å²) >= 11 is 12.4. The summed E-state index contributed by atoms with van der Waals surface area (Å²) in [6, 6.07) is 31.6. The molecule has 0 saturated carbocycles. The number of anilines is 1. The SMILES string of the molecule is Cc1c([C@H]2[C@H](c3ccccn3)NC(=S)N2c2ccc(Oc3ccccc3)cc2)c(C)n(-c2cccc(Cl)c2)c1C. The molecule has 0 aliphatic carbocycles. The van der Waals surface area contributed by atoms with E-state index in [1.54, 1.807) is 0 Å². The van der Waals surface area contributed by atoms with Crippen LogP contribution in [0, 0.1) is 20.8 Å². The van der Waals surface area contributed by atoms with Gasteiger partial charge < -0.3 is 19.5 Å². The van der Waals surface area contributed by atoms with Gasteiger partial charge in [0.25, 0.3) is 0 Å². The Morgan fingerprint density at radius 2 is 1.52 bits per heavy atom. The molecule has 0 bridgehead atoms. The zero-order valence-corrected chi connectivity index (χ0v) is 24.1. The minimum atomic E-state index is -0.138. The summed E-state index contributed by atoms with van der Waals surface area (Å²) in [7, 11) is 0. The quantitative estimate of drug-likeness (QED) is 0.210. The Kier molecular flexibility index (Phi) is 7.05. The van der Waals surface area contributed by atoms with Gasteiger partial charge in [-0.1, -0.05) is 41.9 Å². The molecule has 1 aliphatic rings. The van der Waals surface area contributed by atoms with E-state index >= 15 is 0 Å². The summed E-state index contributed by atoms with van der Waals surface area (Å²) < 4.78 is 8.33. The van der Waals surface area contributed by atoms with Crippen molar-refractivity contribution in [3.8, 4) is 17.2 Å². The standard InChI is InChI=1S/C33H29ClN4OS/c1-21-22(2)37(26-11-9-10-24(34)20-26)23(3)30(21)32-31(29-14-7-8-19-35-29)36-33(40)38(32)25-15-17-28(18-16-25)39-27-12-5-4-6-13-27/h4-20,31-32H,1-3H3,(H,36,40)/t31-,32-/m0/s1. The van der Waals surface area contributed by atoms with E-state index in [-0.39, 0.29) is 12.1 Å². The highest BCUT2D eigenvalue weighted by atomic mass is 35.5. The van der Waals surface area contributed by atoms with Crippen LogP contribution in [-0.4, -0.2) is 14.7 Å². The molecule has 1 saturated heterocycles. The molecular formula is C33H29ClN4OS. The molecule has 0 spiro atoms. The number of nitrogens with zero attached hydrogens (tertiary/aromatic N) is 3. The zero-order valence-electron chi connectivity index (χ0n) is 22.5. The fourth-order valence-electron chi connectivity index (χ4n) is 5.67. The Labute approximate surface area is 245 Å². The average molecular weight is 565 g/mol. The van der Waals surface area contributed by atoms with Gasteiger partial charge in [0.2, 0.25) is 0 Å². The van der Waals surface area contributed by atoms with E-state index in [4.69, 9.17) is 33.5 Å². The third-order valence-electron chi connectivity index (χ3n) is 7.56. The van der Waals surface area contributed by atoms with Crippen LogP contribution < -0.4 is 15.0 Å². The fourth-order valence-corrected chi connectivity index (χ4v) is 6.20. The van der Waals surface area contributed by atoms with Crippen LogP contribution in [0.4, 0.5) is 5.69 Å². The van der Waals surface area contributed by atoms with Crippen molar-refractivity contribution in [3.05, 3.63) is 136 Å². The number of rotatable bonds is 6. The van der Waals surface area contributed by atoms with Crippen LogP contribution in [0.25, 0.3) is 5.69 Å². The van der Waals surface area contributed by atoms with Gasteiger partial charge in [0, 0.05) is 39.5 Å². The predicted octanol–water partition coefficient (Wildman–Crippen LogP) is 8.42. The third kappa shape index (κ3) is 4.74. The van der Waals surface area contributed by atoms with Crippen molar-refractivity contribution in [1.82, 2.24) is 14.9 Å². The number of aromatic nitrogens is 2. The molecule has 0 radical (unpaired) electrons. The molecule has 5 nitrogen and oxygen atoms in total. The van der Waals surface area contributed by atoms with Gasteiger partial charge in [-0.2, -0.15) is 0 Å². The van der Waals surface area contributed by atoms with Crippen LogP contribution in [0.3, 0.4) is 0 Å². The van der Waals surface area contributed by atoms with Crippen molar-refractivity contribution in [2.45, 2.75) is 32.9 Å². The molecule has 2 atom stereocenters. The van der Waals surface area contributed by atoms with E-state index in [9.17, 15) is 0 Å². The number of hydrogen-bond acceptors (Lipinski definition) is 3. The highest BCUT2D eigenvalue weighted by Gasteiger charge is 2.43. The molecule has 2 aromatic heterocycles. The summed E-state index contributed by atoms with van der Waals surface area (Å²) in [6.45, 7) is 6.51. The van der Waals surface area contributed by atoms with Crippen LogP contribution in [0.2, 0.25) is 5.02 Å². The van der Waals surface area contributed by atoms with E-state index in [0.29, 0.717) is 10.1 Å². The largest absolute Gasteiger partial charge is 0.457 e. The molecule has 6 rings (SSSR count). The Morgan fingerprint density at radius 3 is 2.23 bits per heavy atom. The molecule has 1 aliphatic heterocycles. The Hall–Kier alpha value is -4.13. The molecule has 200 valence electrons. The lowest BCUT2D eigenvalue weighted by molar-refractivity contribution is 0.482. The lowest BCUT2D eigenvalue weighted by Crippen LogP contribution is -2.29. The number of benzene rings is 3. The van der Waals surface area contributed by atoms with E-state index in [1.807, 2.05) is 79.0 Å². The van der Waals surface area contributed by atoms with Gasteiger partial charge in [-0.05, 0) is 105 Å². The number of halogens is 1. The second-order valence-electron chi connectivity index (χ2n) is 9.93. The van der Waals surface area contributed by atoms with E-state index < -0.39 is 0 Å². The Morgan fingerprint density at radius 1 is 0.800 bits per heavy atom. The van der Waals surface area contributed by atoms with Gasteiger partial charge in [0.15, 0.2) is 5.11 Å². The van der Waals surface area contributed by atoms with E-state index in [0.717, 1.165) is 34.3 Å². The first kappa shape index (κ1) is 26.1. The minimum Gasteiger partial charge on any atom is -0.457 e. The molecule has 5 aromatic rings. The van der Waals surface area contributed by atoms with Crippen LogP contribution >= 0.6 is 23.8 Å². The van der Waals surface area contributed by atoms with E-state index in [2.05, 4.69) is 59.8 Å². The lowest BCUT2D eigenvalue weighted by atomic mass is 9.93. The predicted molar refractivity (Wildman–Crippen MR) is 166 cm³/mol. The van der Waals surface area contributed by atoms with Crippen molar-refractivity contribution in [1.29, 1.82) is 0 Å². The second-order valence-corrected chi connectivity index (χ2v) is 10.8. The van der Waals surface area contributed by atoms with Crippen LogP contribution in [0.1, 0.15) is 40.3 Å². The van der Waals surface area contributed by atoms with Gasteiger partial charge in [-0.3, -0.25) is 4.98 Å². The van der Waals surface area contributed by atoms with E-state index in [1.165, 1.54) is 16.8 Å². The van der Waals surface area contributed by atoms with Gasteiger partial charge in [-0.15, -0.1) is 0 Å². The molecule has 0 unspecified atom stereocenters. The zero-order chi connectivity index (χ0) is 27.8. The normalized spacial score (nSPS) is 16.7. The van der Waals surface area contributed by atoms with Crippen molar-refractivity contribution < 1.29 is 4.74 Å². The number of para-hydroxylation sites is 1. The highest BCUT2D eigenvalue weighted by Crippen LogP contribution is 2.45. The number of pyridine rings is 1. The summed E-state index contributed by atoms with van der Waals surface area (Å²) in [5.41, 5.74) is 7.69. The molecule has 0 amide bonds.